The van der Waals surface area contributed by atoms with Gasteiger partial charge in [0.15, 0.2) is 0 Å². The lowest BCUT2D eigenvalue weighted by atomic mass is 10.0. The summed E-state index contributed by atoms with van der Waals surface area (Å²) in [5, 5.41) is 4.18. The Labute approximate surface area is 142 Å². The van der Waals surface area contributed by atoms with E-state index in [0.717, 1.165) is 25.9 Å². The molecular weight excluding hydrogens is 308 g/mol. The van der Waals surface area contributed by atoms with Crippen LogP contribution in [-0.4, -0.2) is 86.6 Å². The van der Waals surface area contributed by atoms with Crippen LogP contribution in [0.15, 0.2) is 12.7 Å². The molecule has 0 bridgehead atoms. The van der Waals surface area contributed by atoms with Crippen molar-refractivity contribution in [1.29, 1.82) is 0 Å². The van der Waals surface area contributed by atoms with Crippen molar-refractivity contribution in [3.05, 3.63) is 12.7 Å². The molecule has 0 saturated carbocycles. The first-order valence-corrected chi connectivity index (χ1v) is 8.73. The summed E-state index contributed by atoms with van der Waals surface area (Å²) in [6, 6.07) is 0.336. The van der Waals surface area contributed by atoms with Gasteiger partial charge in [-0.1, -0.05) is 6.42 Å². The largest absolute Gasteiger partial charge is 0.339 e. The molecule has 0 aliphatic carbocycles. The highest BCUT2D eigenvalue weighted by molar-refractivity contribution is 5.79. The number of likely N-dealkylation sites (tertiary alicyclic amines) is 1. The Balaban J connectivity index is 1.53. The monoisotopic (exact) mass is 334 g/mol. The van der Waals surface area contributed by atoms with E-state index in [-0.39, 0.29) is 11.8 Å². The summed E-state index contributed by atoms with van der Waals surface area (Å²) in [5.41, 5.74) is 0. The summed E-state index contributed by atoms with van der Waals surface area (Å²) in [6.45, 7) is 6.34. The molecule has 8 heteroatoms. The zero-order valence-electron chi connectivity index (χ0n) is 14.3. The van der Waals surface area contributed by atoms with E-state index in [1.165, 1.54) is 6.42 Å². The van der Waals surface area contributed by atoms with Gasteiger partial charge in [0, 0.05) is 39.1 Å². The molecule has 2 fully saturated rings. The van der Waals surface area contributed by atoms with Crippen molar-refractivity contribution in [3.8, 4) is 0 Å². The average Bonchev–Trinajstić information content (AvgIpc) is 3.10. The Morgan fingerprint density at radius 2 is 1.83 bits per heavy atom. The summed E-state index contributed by atoms with van der Waals surface area (Å²) in [5.74, 6) is 0.259. The van der Waals surface area contributed by atoms with Crippen molar-refractivity contribution in [2.45, 2.75) is 38.8 Å². The summed E-state index contributed by atoms with van der Waals surface area (Å²) in [6.07, 6.45) is 6.70. The molecule has 0 radical (unpaired) electrons. The molecule has 2 amide bonds. The Morgan fingerprint density at radius 3 is 2.50 bits per heavy atom. The van der Waals surface area contributed by atoms with Crippen molar-refractivity contribution in [2.75, 3.05) is 39.3 Å². The summed E-state index contributed by atoms with van der Waals surface area (Å²) < 4.78 is 1.85. The molecule has 2 aliphatic heterocycles. The molecule has 3 rings (SSSR count). The minimum Gasteiger partial charge on any atom is -0.339 e. The van der Waals surface area contributed by atoms with Gasteiger partial charge in [0.1, 0.15) is 12.7 Å². The maximum absolute atomic E-state index is 12.6. The van der Waals surface area contributed by atoms with E-state index < -0.39 is 0 Å². The fraction of sp³-hybridized carbons (Fsp3) is 0.750. The van der Waals surface area contributed by atoms with Gasteiger partial charge in [0.2, 0.25) is 11.8 Å². The second-order valence-corrected chi connectivity index (χ2v) is 6.62. The number of carbonyl (C=O) groups is 2. The van der Waals surface area contributed by atoms with Gasteiger partial charge in [0.05, 0.1) is 13.1 Å². The third kappa shape index (κ3) is 4.11. The number of aromatic nitrogens is 3. The first-order chi connectivity index (χ1) is 11.6. The Hall–Kier alpha value is -1.96. The Morgan fingerprint density at radius 1 is 1.08 bits per heavy atom. The lowest BCUT2D eigenvalue weighted by molar-refractivity contribution is -0.139. The molecule has 1 atom stereocenters. The van der Waals surface area contributed by atoms with E-state index in [9.17, 15) is 9.59 Å². The van der Waals surface area contributed by atoms with Crippen LogP contribution in [0.2, 0.25) is 0 Å². The number of carbonyl (C=O) groups excluding carboxylic acids is 2. The van der Waals surface area contributed by atoms with Crippen LogP contribution in [0.4, 0.5) is 0 Å². The zero-order valence-corrected chi connectivity index (χ0v) is 14.3. The van der Waals surface area contributed by atoms with Crippen molar-refractivity contribution in [1.82, 2.24) is 29.5 Å². The molecule has 0 unspecified atom stereocenters. The normalized spacial score (nSPS) is 22.6. The van der Waals surface area contributed by atoms with Gasteiger partial charge in [-0.25, -0.2) is 4.98 Å². The van der Waals surface area contributed by atoms with Crippen molar-refractivity contribution in [2.24, 2.45) is 0 Å². The molecule has 8 nitrogen and oxygen atoms in total. The van der Waals surface area contributed by atoms with E-state index in [1.807, 2.05) is 9.58 Å². The topological polar surface area (TPSA) is 74.6 Å². The lowest BCUT2D eigenvalue weighted by Crippen LogP contribution is -2.54. The Kier molecular flexibility index (Phi) is 5.44. The number of hydrogen-bond acceptors (Lipinski definition) is 5. The summed E-state index contributed by atoms with van der Waals surface area (Å²) in [7, 11) is 0. The molecule has 1 aromatic rings. The number of piperazine rings is 1. The summed E-state index contributed by atoms with van der Waals surface area (Å²) in [4.78, 5) is 34.0. The third-order valence-electron chi connectivity index (χ3n) is 5.03. The van der Waals surface area contributed by atoms with Crippen LogP contribution < -0.4 is 0 Å². The molecule has 2 saturated heterocycles. The molecule has 1 aromatic heterocycles. The van der Waals surface area contributed by atoms with Gasteiger partial charge in [-0.3, -0.25) is 19.2 Å². The predicted octanol–water partition coefficient (Wildman–Crippen LogP) is -0.177. The minimum atomic E-state index is 0.0889. The van der Waals surface area contributed by atoms with Gasteiger partial charge < -0.3 is 9.80 Å². The van der Waals surface area contributed by atoms with E-state index >= 15 is 0 Å². The first-order valence-electron chi connectivity index (χ1n) is 8.73. The number of nitrogens with zero attached hydrogens (tertiary/aromatic N) is 6. The van der Waals surface area contributed by atoms with Crippen LogP contribution >= 0.6 is 0 Å². The highest BCUT2D eigenvalue weighted by Gasteiger charge is 2.28. The highest BCUT2D eigenvalue weighted by atomic mass is 16.2. The van der Waals surface area contributed by atoms with Crippen LogP contribution in [0, 0.1) is 0 Å². The number of rotatable bonds is 4. The standard InChI is InChI=1S/C16H26N6O2/c1-14(23)19-6-8-20(9-7-19)16(24)11-21-5-3-2-4-15(21)10-22-13-17-12-18-22/h12-13,15H,2-11H2,1H3/t15-/m0/s1. The van der Waals surface area contributed by atoms with E-state index in [4.69, 9.17) is 0 Å². The molecule has 0 N–H and O–H groups in total. The van der Waals surface area contributed by atoms with Gasteiger partial charge in [0.25, 0.3) is 0 Å². The quantitative estimate of drug-likeness (QED) is 0.764. The maximum Gasteiger partial charge on any atom is 0.236 e. The molecule has 3 heterocycles. The smallest absolute Gasteiger partial charge is 0.236 e. The molecule has 132 valence electrons. The average molecular weight is 334 g/mol. The van der Waals surface area contributed by atoms with Crippen LogP contribution in [-0.2, 0) is 16.1 Å². The molecule has 0 spiro atoms. The fourth-order valence-electron chi connectivity index (χ4n) is 3.56. The fourth-order valence-corrected chi connectivity index (χ4v) is 3.56. The Bertz CT molecular complexity index is 553. The number of piperidine rings is 1. The number of amides is 2. The van der Waals surface area contributed by atoms with Gasteiger partial charge >= 0.3 is 0 Å². The van der Waals surface area contributed by atoms with Gasteiger partial charge in [-0.15, -0.1) is 0 Å². The molecule has 2 aliphatic rings. The van der Waals surface area contributed by atoms with E-state index in [1.54, 1.807) is 24.5 Å². The van der Waals surface area contributed by atoms with Crippen LogP contribution in [0.5, 0.6) is 0 Å². The maximum atomic E-state index is 12.6. The van der Waals surface area contributed by atoms with Gasteiger partial charge in [-0.2, -0.15) is 5.10 Å². The zero-order chi connectivity index (χ0) is 16.9. The minimum absolute atomic E-state index is 0.0889. The molecular formula is C16H26N6O2. The third-order valence-corrected chi connectivity index (χ3v) is 5.03. The van der Waals surface area contributed by atoms with Crippen LogP contribution in [0.1, 0.15) is 26.2 Å². The van der Waals surface area contributed by atoms with Crippen molar-refractivity contribution >= 4 is 11.8 Å². The molecule has 24 heavy (non-hydrogen) atoms. The molecule has 0 aromatic carbocycles. The van der Waals surface area contributed by atoms with Crippen molar-refractivity contribution in [3.63, 3.8) is 0 Å². The first kappa shape index (κ1) is 16.9. The summed E-state index contributed by atoms with van der Waals surface area (Å²) >= 11 is 0. The van der Waals surface area contributed by atoms with Crippen LogP contribution in [0.25, 0.3) is 0 Å². The predicted molar refractivity (Wildman–Crippen MR) is 88.1 cm³/mol. The highest BCUT2D eigenvalue weighted by Crippen LogP contribution is 2.18. The van der Waals surface area contributed by atoms with Crippen molar-refractivity contribution < 1.29 is 9.59 Å². The lowest BCUT2D eigenvalue weighted by Gasteiger charge is -2.38. The van der Waals surface area contributed by atoms with Crippen LogP contribution in [0.3, 0.4) is 0 Å². The van der Waals surface area contributed by atoms with Gasteiger partial charge in [-0.05, 0) is 19.4 Å². The SMILES string of the molecule is CC(=O)N1CCN(C(=O)CN2CCCC[C@H]2Cn2cncn2)CC1. The van der Waals surface area contributed by atoms with E-state index in [2.05, 4.69) is 15.0 Å². The number of hydrogen-bond donors (Lipinski definition) is 0. The van der Waals surface area contributed by atoms with E-state index in [0.29, 0.717) is 38.8 Å². The second-order valence-electron chi connectivity index (χ2n) is 6.62. The second kappa shape index (κ2) is 7.74.